The lowest BCUT2D eigenvalue weighted by Gasteiger charge is -2.25. The minimum absolute atomic E-state index is 0.0367. The van der Waals surface area contributed by atoms with Gasteiger partial charge in [-0.1, -0.05) is 26.0 Å². The predicted octanol–water partition coefficient (Wildman–Crippen LogP) is 3.03. The summed E-state index contributed by atoms with van der Waals surface area (Å²) in [5.41, 5.74) is 0.748. The summed E-state index contributed by atoms with van der Waals surface area (Å²) in [6.07, 6.45) is 1.48. The Kier molecular flexibility index (Phi) is 5.59. The molecule has 0 aliphatic carbocycles. The first-order chi connectivity index (χ1) is 8.08. The van der Waals surface area contributed by atoms with Crippen molar-refractivity contribution in [2.45, 2.75) is 51.8 Å². The van der Waals surface area contributed by atoms with Crippen molar-refractivity contribution < 1.29 is 9.50 Å². The van der Waals surface area contributed by atoms with Crippen LogP contribution in [0, 0.1) is 5.82 Å². The standard InChI is InChI=1S/C14H22FNO/c1-4-13(5-2)16-10(3)14(17)11-6-8-12(15)9-7-11/h6-10,13-14,16-17H,4-5H2,1-3H3. The van der Waals surface area contributed by atoms with Crippen molar-refractivity contribution in [3.05, 3.63) is 35.6 Å². The number of hydrogen-bond acceptors (Lipinski definition) is 2. The summed E-state index contributed by atoms with van der Waals surface area (Å²) in [6.45, 7) is 6.20. The molecule has 1 rings (SSSR count). The van der Waals surface area contributed by atoms with E-state index < -0.39 is 6.10 Å². The monoisotopic (exact) mass is 239 g/mol. The van der Waals surface area contributed by atoms with Gasteiger partial charge in [0.05, 0.1) is 6.10 Å². The van der Waals surface area contributed by atoms with Crippen LogP contribution in [-0.4, -0.2) is 17.2 Å². The summed E-state index contributed by atoms with van der Waals surface area (Å²) in [5, 5.41) is 13.5. The van der Waals surface area contributed by atoms with Crippen LogP contribution in [-0.2, 0) is 0 Å². The van der Waals surface area contributed by atoms with Crippen LogP contribution in [0.25, 0.3) is 0 Å². The molecule has 3 heteroatoms. The summed E-state index contributed by atoms with van der Waals surface area (Å²) in [5.74, 6) is -0.276. The Hall–Kier alpha value is -0.930. The Morgan fingerprint density at radius 3 is 2.18 bits per heavy atom. The number of rotatable bonds is 6. The van der Waals surface area contributed by atoms with Crippen LogP contribution < -0.4 is 5.32 Å². The third-order valence-electron chi connectivity index (χ3n) is 3.17. The normalized spacial score (nSPS) is 14.9. The van der Waals surface area contributed by atoms with Crippen molar-refractivity contribution in [3.8, 4) is 0 Å². The Morgan fingerprint density at radius 2 is 1.71 bits per heavy atom. The molecule has 0 aliphatic heterocycles. The molecule has 0 radical (unpaired) electrons. The third-order valence-corrected chi connectivity index (χ3v) is 3.17. The van der Waals surface area contributed by atoms with Gasteiger partial charge in [-0.2, -0.15) is 0 Å². The average molecular weight is 239 g/mol. The molecule has 0 aliphatic rings. The van der Waals surface area contributed by atoms with Crippen LogP contribution >= 0.6 is 0 Å². The van der Waals surface area contributed by atoms with E-state index in [4.69, 9.17) is 0 Å². The topological polar surface area (TPSA) is 32.3 Å². The zero-order valence-electron chi connectivity index (χ0n) is 10.8. The van der Waals surface area contributed by atoms with Crippen LogP contribution in [0.1, 0.15) is 45.3 Å². The molecule has 1 aromatic carbocycles. The zero-order valence-corrected chi connectivity index (χ0v) is 10.8. The molecule has 2 nitrogen and oxygen atoms in total. The molecular formula is C14H22FNO. The number of halogens is 1. The van der Waals surface area contributed by atoms with Gasteiger partial charge >= 0.3 is 0 Å². The first-order valence-corrected chi connectivity index (χ1v) is 6.28. The number of hydrogen-bond donors (Lipinski definition) is 2. The smallest absolute Gasteiger partial charge is 0.123 e. The predicted molar refractivity (Wildman–Crippen MR) is 68.3 cm³/mol. The van der Waals surface area contributed by atoms with Crippen LogP contribution in [0.2, 0.25) is 0 Å². The SMILES string of the molecule is CCC(CC)NC(C)C(O)c1ccc(F)cc1. The van der Waals surface area contributed by atoms with Gasteiger partial charge in [-0.3, -0.25) is 0 Å². The molecule has 0 heterocycles. The molecule has 0 bridgehead atoms. The first kappa shape index (κ1) is 14.1. The zero-order chi connectivity index (χ0) is 12.8. The fourth-order valence-electron chi connectivity index (χ4n) is 1.94. The fourth-order valence-corrected chi connectivity index (χ4v) is 1.94. The molecule has 96 valence electrons. The number of aliphatic hydroxyl groups is 1. The van der Waals surface area contributed by atoms with Gasteiger partial charge in [-0.05, 0) is 37.5 Å². The Balaban J connectivity index is 2.62. The minimum Gasteiger partial charge on any atom is -0.387 e. The summed E-state index contributed by atoms with van der Waals surface area (Å²) < 4.78 is 12.8. The Bertz CT molecular complexity index is 321. The summed E-state index contributed by atoms with van der Waals surface area (Å²) in [6, 6.07) is 6.39. The number of aliphatic hydroxyl groups excluding tert-OH is 1. The van der Waals surface area contributed by atoms with E-state index >= 15 is 0 Å². The van der Waals surface area contributed by atoms with E-state index in [0.717, 1.165) is 18.4 Å². The molecule has 0 saturated carbocycles. The lowest BCUT2D eigenvalue weighted by molar-refractivity contribution is 0.128. The summed E-state index contributed by atoms with van der Waals surface area (Å²) >= 11 is 0. The summed E-state index contributed by atoms with van der Waals surface area (Å²) in [7, 11) is 0. The highest BCUT2D eigenvalue weighted by molar-refractivity contribution is 5.19. The van der Waals surface area contributed by atoms with Gasteiger partial charge < -0.3 is 10.4 Å². The van der Waals surface area contributed by atoms with Crippen molar-refractivity contribution in [2.75, 3.05) is 0 Å². The molecular weight excluding hydrogens is 217 g/mol. The molecule has 0 spiro atoms. The van der Waals surface area contributed by atoms with E-state index in [0.29, 0.717) is 6.04 Å². The van der Waals surface area contributed by atoms with Crippen LogP contribution in [0.4, 0.5) is 4.39 Å². The van der Waals surface area contributed by atoms with Crippen LogP contribution in [0.3, 0.4) is 0 Å². The third kappa shape index (κ3) is 4.10. The van der Waals surface area contributed by atoms with Crippen LogP contribution in [0.5, 0.6) is 0 Å². The van der Waals surface area contributed by atoms with Crippen molar-refractivity contribution in [2.24, 2.45) is 0 Å². The second-order valence-corrected chi connectivity index (χ2v) is 4.47. The average Bonchev–Trinajstić information content (AvgIpc) is 2.35. The largest absolute Gasteiger partial charge is 0.387 e. The van der Waals surface area contributed by atoms with E-state index in [1.807, 2.05) is 6.92 Å². The fraction of sp³-hybridized carbons (Fsp3) is 0.571. The molecule has 0 saturated heterocycles. The number of nitrogens with one attached hydrogen (secondary N) is 1. The van der Waals surface area contributed by atoms with Crippen LogP contribution in [0.15, 0.2) is 24.3 Å². The van der Waals surface area contributed by atoms with E-state index in [9.17, 15) is 9.50 Å². The van der Waals surface area contributed by atoms with Crippen molar-refractivity contribution in [3.63, 3.8) is 0 Å². The highest BCUT2D eigenvalue weighted by atomic mass is 19.1. The van der Waals surface area contributed by atoms with Crippen molar-refractivity contribution in [1.29, 1.82) is 0 Å². The van der Waals surface area contributed by atoms with E-state index in [2.05, 4.69) is 19.2 Å². The van der Waals surface area contributed by atoms with Crippen molar-refractivity contribution in [1.82, 2.24) is 5.32 Å². The Morgan fingerprint density at radius 1 is 1.18 bits per heavy atom. The molecule has 0 aromatic heterocycles. The summed E-state index contributed by atoms with van der Waals surface area (Å²) in [4.78, 5) is 0. The highest BCUT2D eigenvalue weighted by Gasteiger charge is 2.18. The van der Waals surface area contributed by atoms with Gasteiger partial charge in [0.2, 0.25) is 0 Å². The molecule has 2 N–H and O–H groups in total. The van der Waals surface area contributed by atoms with Gasteiger partial charge in [0, 0.05) is 12.1 Å². The maximum absolute atomic E-state index is 12.8. The van der Waals surface area contributed by atoms with E-state index in [1.54, 1.807) is 12.1 Å². The molecule has 0 fully saturated rings. The first-order valence-electron chi connectivity index (χ1n) is 6.28. The maximum atomic E-state index is 12.8. The van der Waals surface area contributed by atoms with Gasteiger partial charge in [0.15, 0.2) is 0 Å². The van der Waals surface area contributed by atoms with Crippen molar-refractivity contribution >= 4 is 0 Å². The van der Waals surface area contributed by atoms with E-state index in [-0.39, 0.29) is 11.9 Å². The molecule has 2 atom stereocenters. The van der Waals surface area contributed by atoms with Gasteiger partial charge in [-0.25, -0.2) is 4.39 Å². The molecule has 0 amide bonds. The number of benzene rings is 1. The Labute approximate surface area is 103 Å². The van der Waals surface area contributed by atoms with Gasteiger partial charge in [-0.15, -0.1) is 0 Å². The van der Waals surface area contributed by atoms with Gasteiger partial charge in [0.1, 0.15) is 5.82 Å². The quantitative estimate of drug-likeness (QED) is 0.799. The second kappa shape index (κ2) is 6.72. The van der Waals surface area contributed by atoms with E-state index in [1.165, 1.54) is 12.1 Å². The molecule has 17 heavy (non-hydrogen) atoms. The second-order valence-electron chi connectivity index (χ2n) is 4.47. The lowest BCUT2D eigenvalue weighted by Crippen LogP contribution is -2.39. The lowest BCUT2D eigenvalue weighted by atomic mass is 10.0. The highest BCUT2D eigenvalue weighted by Crippen LogP contribution is 2.18. The maximum Gasteiger partial charge on any atom is 0.123 e. The van der Waals surface area contributed by atoms with Gasteiger partial charge in [0.25, 0.3) is 0 Å². The molecule has 1 aromatic rings. The minimum atomic E-state index is -0.601. The molecule has 2 unspecified atom stereocenters.